The molecule has 0 atom stereocenters. The summed E-state index contributed by atoms with van der Waals surface area (Å²) in [7, 11) is 0. The molecule has 342 valence electrons. The highest BCUT2D eigenvalue weighted by Gasteiger charge is 2.46. The largest absolute Gasteiger partial charge is 0.311 e. The van der Waals surface area contributed by atoms with Gasteiger partial charge in [0.15, 0.2) is 0 Å². The fourth-order valence-electron chi connectivity index (χ4n) is 12.1. The van der Waals surface area contributed by atoms with Gasteiger partial charge in [-0.2, -0.15) is 0 Å². The molecule has 0 fully saturated rings. The van der Waals surface area contributed by atoms with E-state index in [4.69, 9.17) is 0 Å². The lowest BCUT2D eigenvalue weighted by Gasteiger charge is -2.44. The van der Waals surface area contributed by atoms with Crippen molar-refractivity contribution in [3.8, 4) is 11.1 Å². The van der Waals surface area contributed by atoms with E-state index in [0.29, 0.717) is 0 Å². The van der Waals surface area contributed by atoms with Crippen molar-refractivity contribution in [2.45, 2.75) is 163 Å². The van der Waals surface area contributed by atoms with Gasteiger partial charge in [0, 0.05) is 43.2 Å². The normalized spacial score (nSPS) is 15.9. The van der Waals surface area contributed by atoms with Gasteiger partial charge in [-0.1, -0.05) is 132 Å². The monoisotopic (exact) mass is 899 g/mol. The minimum atomic E-state index is -0.0158. The van der Waals surface area contributed by atoms with Gasteiger partial charge in [-0.05, 0) is 195 Å². The predicted octanol–water partition coefficient (Wildman–Crippen LogP) is 15.9. The molecule has 4 aliphatic rings. The number of nitrogens with zero attached hydrogens (tertiary/aromatic N) is 2. The van der Waals surface area contributed by atoms with Crippen molar-refractivity contribution >= 4 is 78.0 Å². The number of hydrogen-bond acceptors (Lipinski definition) is 3. The minimum Gasteiger partial charge on any atom is -0.311 e. The van der Waals surface area contributed by atoms with Crippen LogP contribution in [0.15, 0.2) is 97.1 Å². The van der Waals surface area contributed by atoms with Gasteiger partial charge in [0.25, 0.3) is 6.71 Å². The number of anilines is 6. The summed E-state index contributed by atoms with van der Waals surface area (Å²) in [5.41, 5.74) is 27.0. The highest BCUT2D eigenvalue weighted by atomic mass is 32.1. The topological polar surface area (TPSA) is 6.48 Å². The average molecular weight is 899 g/mol. The van der Waals surface area contributed by atoms with Gasteiger partial charge >= 0.3 is 0 Å². The fourth-order valence-corrected chi connectivity index (χ4v) is 13.4. The molecule has 0 N–H and O–H groups in total. The molecule has 0 unspecified atom stereocenters. The molecule has 0 saturated carbocycles. The predicted molar refractivity (Wildman–Crippen MR) is 294 cm³/mol. The summed E-state index contributed by atoms with van der Waals surface area (Å²) in [6.07, 6.45) is 9.84. The van der Waals surface area contributed by atoms with Crippen LogP contribution < -0.4 is 25.5 Å². The third-order valence-corrected chi connectivity index (χ3v) is 17.1. The second-order valence-corrected chi connectivity index (χ2v) is 25.9. The molecule has 67 heavy (non-hydrogen) atoms. The van der Waals surface area contributed by atoms with Gasteiger partial charge < -0.3 is 9.80 Å². The van der Waals surface area contributed by atoms with Crippen LogP contribution in [-0.4, -0.2) is 6.71 Å². The minimum absolute atomic E-state index is 0.00463. The summed E-state index contributed by atoms with van der Waals surface area (Å²) in [5, 5.41) is 1.34. The summed E-state index contributed by atoms with van der Waals surface area (Å²) in [6.45, 7) is 30.7. The molecule has 0 amide bonds. The first-order chi connectivity index (χ1) is 31.7. The van der Waals surface area contributed by atoms with Crippen LogP contribution in [-0.2, 0) is 47.3 Å². The summed E-state index contributed by atoms with van der Waals surface area (Å²) in [4.78, 5) is 5.39. The fraction of sp³-hybridized carbons (Fsp3) is 0.397. The Kier molecular flexibility index (Phi) is 10.3. The van der Waals surface area contributed by atoms with Crippen molar-refractivity contribution in [3.05, 3.63) is 147 Å². The first-order valence-corrected chi connectivity index (χ1v) is 26.4. The molecular weight excluding hydrogens is 828 g/mol. The van der Waals surface area contributed by atoms with Crippen LogP contribution in [0.4, 0.5) is 34.1 Å². The Morgan fingerprint density at radius 1 is 0.478 bits per heavy atom. The Labute approximate surface area is 406 Å². The van der Waals surface area contributed by atoms with Crippen LogP contribution >= 0.6 is 11.3 Å². The number of aryl methyl sites for hydroxylation is 3. The number of rotatable bonds is 3. The lowest BCUT2D eigenvalue weighted by molar-refractivity contribution is 0.590. The number of hydrogen-bond donors (Lipinski definition) is 0. The Hall–Kier alpha value is -5.06. The van der Waals surface area contributed by atoms with Gasteiger partial charge in [0.2, 0.25) is 0 Å². The second-order valence-electron chi connectivity index (χ2n) is 24.8. The average Bonchev–Trinajstić information content (AvgIpc) is 3.65. The highest BCUT2D eigenvalue weighted by Crippen LogP contribution is 2.52. The van der Waals surface area contributed by atoms with Crippen LogP contribution in [0.3, 0.4) is 0 Å². The van der Waals surface area contributed by atoms with Crippen LogP contribution in [0, 0.1) is 6.92 Å². The number of thiophene rings is 1. The van der Waals surface area contributed by atoms with Crippen LogP contribution in [0.5, 0.6) is 0 Å². The Bertz CT molecular complexity index is 3100. The van der Waals surface area contributed by atoms with Crippen molar-refractivity contribution in [2.75, 3.05) is 9.80 Å². The summed E-state index contributed by atoms with van der Waals surface area (Å²) in [5.74, 6) is 0. The molecule has 2 aliphatic heterocycles. The summed E-state index contributed by atoms with van der Waals surface area (Å²) >= 11 is 2.03. The van der Waals surface area contributed by atoms with E-state index in [9.17, 15) is 0 Å². The zero-order valence-electron chi connectivity index (χ0n) is 42.8. The quantitative estimate of drug-likeness (QED) is 0.163. The summed E-state index contributed by atoms with van der Waals surface area (Å²) in [6, 6.07) is 39.7. The zero-order valence-corrected chi connectivity index (χ0v) is 43.6. The van der Waals surface area contributed by atoms with E-state index in [-0.39, 0.29) is 28.4 Å². The van der Waals surface area contributed by atoms with E-state index in [1.165, 1.54) is 145 Å². The van der Waals surface area contributed by atoms with Crippen molar-refractivity contribution in [2.24, 2.45) is 0 Å². The van der Waals surface area contributed by atoms with Crippen molar-refractivity contribution < 1.29 is 0 Å². The molecule has 0 saturated heterocycles. The molecule has 7 aromatic rings. The molecular formula is C63H71BN2S. The second kappa shape index (κ2) is 15.5. The maximum atomic E-state index is 2.74. The maximum absolute atomic E-state index is 2.74. The number of fused-ring (bicyclic) bond motifs is 8. The molecule has 2 aliphatic carbocycles. The highest BCUT2D eigenvalue weighted by molar-refractivity contribution is 7.33. The Morgan fingerprint density at radius 2 is 0.985 bits per heavy atom. The van der Waals surface area contributed by atoms with Gasteiger partial charge in [0.05, 0.1) is 11.4 Å². The third-order valence-electron chi connectivity index (χ3n) is 15.9. The van der Waals surface area contributed by atoms with E-state index < -0.39 is 0 Å². The van der Waals surface area contributed by atoms with Gasteiger partial charge in [-0.15, -0.1) is 11.3 Å². The molecule has 0 radical (unpaired) electrons. The van der Waals surface area contributed by atoms with Gasteiger partial charge in [-0.25, -0.2) is 0 Å². The van der Waals surface area contributed by atoms with E-state index in [1.54, 1.807) is 27.8 Å². The van der Waals surface area contributed by atoms with Crippen molar-refractivity contribution in [3.63, 3.8) is 0 Å². The van der Waals surface area contributed by atoms with E-state index in [2.05, 4.69) is 197 Å². The molecule has 4 heteroatoms. The zero-order chi connectivity index (χ0) is 47.1. The molecule has 3 heterocycles. The van der Waals surface area contributed by atoms with Gasteiger partial charge in [0.1, 0.15) is 0 Å². The molecule has 6 aromatic carbocycles. The SMILES string of the molecule is Cc1cc2c3c(c1)N(c1ccc(C(C)(C)C)cc1)c1c(sc4cc(C(C)(C)C)ccc14)B3c1cc(C(C)(C)C)ccc1N2c1ccc(C(C)(C)C)cc1-c1c2c(cc3c1CCCC3)CCCC2. The number of benzene rings is 6. The van der Waals surface area contributed by atoms with Crippen molar-refractivity contribution in [1.29, 1.82) is 0 Å². The smallest absolute Gasteiger partial charge is 0.264 e. The van der Waals surface area contributed by atoms with Crippen LogP contribution in [0.25, 0.3) is 21.2 Å². The van der Waals surface area contributed by atoms with Crippen molar-refractivity contribution in [1.82, 2.24) is 0 Å². The standard InChI is InChI=1S/C63H71BN2S/c1-38-32-53-57-54(33-38)66(51-30-25-42(61(5,6)7)35-49(51)56-46-20-16-14-18-39(46)34-40-19-15-17-21-47(40)56)52-31-26-43(62(8,9)10)36-50(52)64(57)59-58(48-29-24-44(63(11,12)13)37-55(48)67-59)65(53)45-27-22-41(23-28-45)60(2,3)4/h22-37H,14-21H2,1-13H3. The van der Waals surface area contributed by atoms with E-state index in [0.717, 1.165) is 0 Å². The Balaban J connectivity index is 1.25. The molecule has 2 nitrogen and oxygen atoms in total. The molecule has 0 bridgehead atoms. The van der Waals surface area contributed by atoms with Crippen LogP contribution in [0.2, 0.25) is 0 Å². The van der Waals surface area contributed by atoms with E-state index in [1.807, 2.05) is 11.3 Å². The molecule has 0 spiro atoms. The maximum Gasteiger partial charge on any atom is 0.264 e. The Morgan fingerprint density at radius 3 is 1.58 bits per heavy atom. The third kappa shape index (κ3) is 7.33. The van der Waals surface area contributed by atoms with E-state index >= 15 is 0 Å². The van der Waals surface area contributed by atoms with Crippen LogP contribution in [0.1, 0.15) is 159 Å². The molecule has 11 rings (SSSR count). The molecule has 1 aromatic heterocycles. The summed E-state index contributed by atoms with van der Waals surface area (Å²) < 4.78 is 2.81. The van der Waals surface area contributed by atoms with Gasteiger partial charge in [-0.3, -0.25) is 0 Å². The first-order valence-electron chi connectivity index (χ1n) is 25.5. The lowest BCUT2D eigenvalue weighted by atomic mass is 9.36. The lowest BCUT2D eigenvalue weighted by Crippen LogP contribution is -2.60. The first kappa shape index (κ1) is 44.5.